The van der Waals surface area contributed by atoms with Gasteiger partial charge in [0.1, 0.15) is 0 Å². The van der Waals surface area contributed by atoms with Gasteiger partial charge in [-0.1, -0.05) is 175 Å². The standard InChI is InChI=1S/C32H65/c1-6-8-10-12-14-16-18-20-22-24-26-30(3)28-29-32(5)31(4)27-25-23-21-19-17-15-13-11-9-7-2/h30-32H,5-29H2,1-4H3. The van der Waals surface area contributed by atoms with Crippen LogP contribution in [0.5, 0.6) is 0 Å². The summed E-state index contributed by atoms with van der Waals surface area (Å²) >= 11 is 0. The molecule has 0 rings (SSSR count). The summed E-state index contributed by atoms with van der Waals surface area (Å²) in [7, 11) is 0. The van der Waals surface area contributed by atoms with Crippen molar-refractivity contribution in [2.75, 3.05) is 0 Å². The maximum absolute atomic E-state index is 4.53. The summed E-state index contributed by atoms with van der Waals surface area (Å²) in [6, 6.07) is 0. The van der Waals surface area contributed by atoms with Crippen molar-refractivity contribution < 1.29 is 0 Å². The minimum atomic E-state index is 0.670. The summed E-state index contributed by atoms with van der Waals surface area (Å²) in [5, 5.41) is 0. The molecule has 0 aromatic rings. The highest BCUT2D eigenvalue weighted by molar-refractivity contribution is 4.70. The molecular weight excluding hydrogens is 384 g/mol. The Morgan fingerprint density at radius 1 is 0.406 bits per heavy atom. The zero-order chi connectivity index (χ0) is 23.7. The van der Waals surface area contributed by atoms with E-state index in [1.165, 1.54) is 154 Å². The van der Waals surface area contributed by atoms with Crippen LogP contribution in [0, 0.1) is 24.7 Å². The molecule has 0 fully saturated rings. The minimum Gasteiger partial charge on any atom is -0.0654 e. The molecule has 3 unspecified atom stereocenters. The van der Waals surface area contributed by atoms with E-state index in [-0.39, 0.29) is 0 Å². The third-order valence-corrected chi connectivity index (χ3v) is 7.90. The monoisotopic (exact) mass is 450 g/mol. The average Bonchev–Trinajstić information content (AvgIpc) is 2.79. The summed E-state index contributed by atoms with van der Waals surface area (Å²) in [5.74, 6) is 2.38. The van der Waals surface area contributed by atoms with Gasteiger partial charge in [0.25, 0.3) is 0 Å². The number of unbranched alkanes of at least 4 members (excludes halogenated alkanes) is 18. The van der Waals surface area contributed by atoms with Crippen molar-refractivity contribution in [3.63, 3.8) is 0 Å². The molecule has 0 N–H and O–H groups in total. The van der Waals surface area contributed by atoms with Gasteiger partial charge in [0.2, 0.25) is 0 Å². The van der Waals surface area contributed by atoms with Crippen LogP contribution < -0.4 is 0 Å². The van der Waals surface area contributed by atoms with E-state index in [0.29, 0.717) is 5.92 Å². The smallest absolute Gasteiger partial charge is 0.0388 e. The maximum atomic E-state index is 4.53. The van der Waals surface area contributed by atoms with Gasteiger partial charge in [0.05, 0.1) is 0 Å². The van der Waals surface area contributed by atoms with E-state index in [1.54, 1.807) is 0 Å². The van der Waals surface area contributed by atoms with E-state index in [9.17, 15) is 0 Å². The van der Waals surface area contributed by atoms with Gasteiger partial charge in [-0.25, -0.2) is 0 Å². The second kappa shape index (κ2) is 25.6. The first-order valence-corrected chi connectivity index (χ1v) is 15.4. The molecule has 0 nitrogen and oxygen atoms in total. The Morgan fingerprint density at radius 2 is 0.750 bits per heavy atom. The van der Waals surface area contributed by atoms with Gasteiger partial charge in [-0.05, 0) is 31.1 Å². The van der Waals surface area contributed by atoms with Gasteiger partial charge in [0, 0.05) is 0 Å². The third kappa shape index (κ3) is 23.2. The molecule has 32 heavy (non-hydrogen) atoms. The SMILES string of the molecule is [CH2]C(CCC(C)CCCCCCCCCCCC)C(C)CCCCCCCCCCCC. The second-order valence-electron chi connectivity index (χ2n) is 11.4. The Morgan fingerprint density at radius 3 is 1.16 bits per heavy atom. The number of rotatable bonds is 26. The summed E-state index contributed by atoms with van der Waals surface area (Å²) in [6.45, 7) is 14.1. The van der Waals surface area contributed by atoms with E-state index >= 15 is 0 Å². The van der Waals surface area contributed by atoms with E-state index < -0.39 is 0 Å². The normalized spacial score (nSPS) is 14.5. The largest absolute Gasteiger partial charge is 0.0654 e. The van der Waals surface area contributed by atoms with Crippen molar-refractivity contribution in [2.45, 2.75) is 182 Å². The molecule has 0 heterocycles. The van der Waals surface area contributed by atoms with Gasteiger partial charge in [-0.3, -0.25) is 0 Å². The zero-order valence-electron chi connectivity index (χ0n) is 23.4. The van der Waals surface area contributed by atoms with Crippen molar-refractivity contribution in [1.82, 2.24) is 0 Å². The van der Waals surface area contributed by atoms with Crippen LogP contribution >= 0.6 is 0 Å². The predicted octanol–water partition coefficient (Wildman–Crippen LogP) is 12.1. The number of hydrogen-bond donors (Lipinski definition) is 0. The van der Waals surface area contributed by atoms with Crippen molar-refractivity contribution in [2.24, 2.45) is 17.8 Å². The first-order valence-electron chi connectivity index (χ1n) is 15.4. The van der Waals surface area contributed by atoms with Gasteiger partial charge >= 0.3 is 0 Å². The Hall–Kier alpha value is 0. The van der Waals surface area contributed by atoms with Crippen LogP contribution in [0.25, 0.3) is 0 Å². The molecule has 0 aliphatic heterocycles. The topological polar surface area (TPSA) is 0 Å². The fourth-order valence-electron chi connectivity index (χ4n) is 5.10. The fraction of sp³-hybridized carbons (Fsp3) is 0.969. The van der Waals surface area contributed by atoms with Crippen LogP contribution in [0.3, 0.4) is 0 Å². The van der Waals surface area contributed by atoms with Gasteiger partial charge < -0.3 is 0 Å². The lowest BCUT2D eigenvalue weighted by atomic mass is 9.84. The van der Waals surface area contributed by atoms with E-state index in [1.807, 2.05) is 0 Å². The Balaban J connectivity index is 3.44. The Kier molecular flexibility index (Phi) is 25.6. The molecule has 0 saturated heterocycles. The predicted molar refractivity (Wildman–Crippen MR) is 149 cm³/mol. The molecule has 0 aromatic heterocycles. The summed E-state index contributed by atoms with van der Waals surface area (Å²) < 4.78 is 0. The van der Waals surface area contributed by atoms with Crippen LogP contribution in [0.1, 0.15) is 182 Å². The maximum Gasteiger partial charge on any atom is -0.0388 e. The fourth-order valence-corrected chi connectivity index (χ4v) is 5.10. The van der Waals surface area contributed by atoms with Gasteiger partial charge in [-0.15, -0.1) is 0 Å². The van der Waals surface area contributed by atoms with Crippen LogP contribution in [0.15, 0.2) is 0 Å². The molecule has 0 heteroatoms. The lowest BCUT2D eigenvalue weighted by molar-refractivity contribution is 0.326. The lowest BCUT2D eigenvalue weighted by Crippen LogP contribution is -2.10. The number of hydrogen-bond acceptors (Lipinski definition) is 0. The highest BCUT2D eigenvalue weighted by Gasteiger charge is 2.13. The van der Waals surface area contributed by atoms with Crippen molar-refractivity contribution in [1.29, 1.82) is 0 Å². The molecule has 0 amide bonds. The average molecular weight is 450 g/mol. The highest BCUT2D eigenvalue weighted by Crippen LogP contribution is 2.26. The van der Waals surface area contributed by atoms with Crippen LogP contribution in [0.4, 0.5) is 0 Å². The molecule has 0 aliphatic carbocycles. The van der Waals surface area contributed by atoms with E-state index in [4.69, 9.17) is 0 Å². The van der Waals surface area contributed by atoms with Crippen molar-refractivity contribution in [3.8, 4) is 0 Å². The Labute approximate surface area is 206 Å². The van der Waals surface area contributed by atoms with Crippen molar-refractivity contribution in [3.05, 3.63) is 6.92 Å². The zero-order valence-corrected chi connectivity index (χ0v) is 23.4. The summed E-state index contributed by atoms with van der Waals surface area (Å²) in [5.41, 5.74) is 0. The van der Waals surface area contributed by atoms with Crippen LogP contribution in [-0.2, 0) is 0 Å². The minimum absolute atomic E-state index is 0.670. The molecule has 0 saturated carbocycles. The molecule has 0 aliphatic rings. The third-order valence-electron chi connectivity index (χ3n) is 7.90. The first kappa shape index (κ1) is 32.0. The molecule has 0 spiro atoms. The molecule has 3 atom stereocenters. The van der Waals surface area contributed by atoms with Gasteiger partial charge in [0.15, 0.2) is 0 Å². The van der Waals surface area contributed by atoms with E-state index in [2.05, 4.69) is 34.6 Å². The van der Waals surface area contributed by atoms with Crippen LogP contribution in [0.2, 0.25) is 0 Å². The molecule has 1 radical (unpaired) electrons. The van der Waals surface area contributed by atoms with Gasteiger partial charge in [-0.2, -0.15) is 0 Å². The first-order chi connectivity index (χ1) is 15.6. The van der Waals surface area contributed by atoms with Crippen LogP contribution in [-0.4, -0.2) is 0 Å². The molecule has 0 aromatic carbocycles. The lowest BCUT2D eigenvalue weighted by Gasteiger charge is -2.21. The van der Waals surface area contributed by atoms with E-state index in [0.717, 1.165) is 11.8 Å². The Bertz CT molecular complexity index is 333. The quantitative estimate of drug-likeness (QED) is 0.115. The summed E-state index contributed by atoms with van der Waals surface area (Å²) in [4.78, 5) is 0. The second-order valence-corrected chi connectivity index (χ2v) is 11.4. The highest BCUT2D eigenvalue weighted by atomic mass is 14.2. The summed E-state index contributed by atoms with van der Waals surface area (Å²) in [6.07, 6.45) is 34.5. The molecule has 0 bridgehead atoms. The molecule has 193 valence electrons. The molecular formula is C32H65. The van der Waals surface area contributed by atoms with Crippen molar-refractivity contribution >= 4 is 0 Å².